The lowest BCUT2D eigenvalue weighted by atomic mass is 10.2. The summed E-state index contributed by atoms with van der Waals surface area (Å²) in [6.07, 6.45) is 0. The fourth-order valence-electron chi connectivity index (χ4n) is 2.86. The predicted molar refractivity (Wildman–Crippen MR) is 121 cm³/mol. The van der Waals surface area contributed by atoms with Gasteiger partial charge in [0.2, 0.25) is 15.7 Å². The molecular formula is C22H20N2O5S2. The molecule has 0 aliphatic heterocycles. The van der Waals surface area contributed by atoms with E-state index in [0.29, 0.717) is 5.69 Å². The summed E-state index contributed by atoms with van der Waals surface area (Å²) in [7, 11) is -3.81. The molecule has 0 radical (unpaired) electrons. The number of sulfone groups is 1. The Bertz CT molecular complexity index is 1190. The van der Waals surface area contributed by atoms with E-state index in [0.717, 1.165) is 23.4 Å². The average Bonchev–Trinajstić information content (AvgIpc) is 2.74. The third kappa shape index (κ3) is 5.93. The molecule has 1 N–H and O–H groups in total. The molecule has 0 aliphatic rings. The highest BCUT2D eigenvalue weighted by atomic mass is 32.2. The van der Waals surface area contributed by atoms with Gasteiger partial charge in [0.25, 0.3) is 5.69 Å². The molecule has 0 saturated heterocycles. The van der Waals surface area contributed by atoms with Crippen molar-refractivity contribution in [3.05, 3.63) is 94.0 Å². The number of rotatable bonds is 8. The van der Waals surface area contributed by atoms with E-state index in [1.165, 1.54) is 53.7 Å². The molecule has 0 atom stereocenters. The van der Waals surface area contributed by atoms with Gasteiger partial charge in [-0.3, -0.25) is 14.9 Å². The van der Waals surface area contributed by atoms with Crippen molar-refractivity contribution >= 4 is 38.9 Å². The maximum atomic E-state index is 12.7. The number of aryl methyl sites for hydroxylation is 1. The van der Waals surface area contributed by atoms with Gasteiger partial charge in [-0.25, -0.2) is 8.42 Å². The molecule has 3 aromatic carbocycles. The zero-order chi connectivity index (χ0) is 22.4. The van der Waals surface area contributed by atoms with Crippen LogP contribution in [-0.2, 0) is 20.4 Å². The second-order valence-corrected chi connectivity index (χ2v) is 9.74. The van der Waals surface area contributed by atoms with Gasteiger partial charge >= 0.3 is 0 Å². The van der Waals surface area contributed by atoms with Gasteiger partial charge in [-0.1, -0.05) is 29.8 Å². The molecular weight excluding hydrogens is 436 g/mol. The van der Waals surface area contributed by atoms with Gasteiger partial charge in [0.15, 0.2) is 0 Å². The smallest absolute Gasteiger partial charge is 0.269 e. The Balaban J connectivity index is 1.58. The molecule has 160 valence electrons. The molecule has 0 heterocycles. The Labute approximate surface area is 184 Å². The third-order valence-corrected chi connectivity index (χ3v) is 7.18. The fourth-order valence-corrected chi connectivity index (χ4v) is 4.90. The summed E-state index contributed by atoms with van der Waals surface area (Å²) in [5.74, 6) is 0.821. The van der Waals surface area contributed by atoms with Crippen molar-refractivity contribution in [1.82, 2.24) is 0 Å². The number of hydrogen-bond donors (Lipinski definition) is 1. The first-order chi connectivity index (χ1) is 14.8. The standard InChI is InChI=1S/C22H20N2O5S2/c1-16-3-2-4-17(13-16)14-30-15-22(25)23-18-5-9-20(10-6-18)31(28,29)21-11-7-19(8-12-21)24(26)27/h2-13H,14-15H2,1H3,(H,23,25). The lowest BCUT2D eigenvalue weighted by Crippen LogP contribution is -2.14. The second-order valence-electron chi connectivity index (χ2n) is 6.81. The van der Waals surface area contributed by atoms with Crippen LogP contribution in [0.15, 0.2) is 82.6 Å². The Hall–Kier alpha value is -3.17. The van der Waals surface area contributed by atoms with Crippen LogP contribution in [0.1, 0.15) is 11.1 Å². The van der Waals surface area contributed by atoms with Crippen molar-refractivity contribution in [2.45, 2.75) is 22.5 Å². The van der Waals surface area contributed by atoms with Crippen LogP contribution in [0.4, 0.5) is 11.4 Å². The van der Waals surface area contributed by atoms with Crippen LogP contribution in [0.25, 0.3) is 0 Å². The van der Waals surface area contributed by atoms with Crippen LogP contribution < -0.4 is 5.32 Å². The van der Waals surface area contributed by atoms with Gasteiger partial charge in [0.1, 0.15) is 0 Å². The monoisotopic (exact) mass is 456 g/mol. The summed E-state index contributed by atoms with van der Waals surface area (Å²) in [6.45, 7) is 2.02. The first kappa shape index (κ1) is 22.5. The highest BCUT2D eigenvalue weighted by molar-refractivity contribution is 7.99. The zero-order valence-electron chi connectivity index (χ0n) is 16.6. The zero-order valence-corrected chi connectivity index (χ0v) is 18.3. The number of non-ortho nitro benzene ring substituents is 1. The van der Waals surface area contributed by atoms with E-state index < -0.39 is 14.8 Å². The molecule has 0 aromatic heterocycles. The van der Waals surface area contributed by atoms with Crippen molar-refractivity contribution in [2.75, 3.05) is 11.1 Å². The number of nitro groups is 1. The molecule has 7 nitrogen and oxygen atoms in total. The van der Waals surface area contributed by atoms with E-state index in [1.807, 2.05) is 25.1 Å². The molecule has 0 saturated carbocycles. The number of nitrogens with zero attached hydrogens (tertiary/aromatic N) is 1. The minimum absolute atomic E-state index is 0.0353. The van der Waals surface area contributed by atoms with Gasteiger partial charge < -0.3 is 5.32 Å². The van der Waals surface area contributed by atoms with Crippen molar-refractivity contribution in [3.63, 3.8) is 0 Å². The van der Waals surface area contributed by atoms with Crippen LogP contribution in [0, 0.1) is 17.0 Å². The van der Waals surface area contributed by atoms with Crippen LogP contribution in [0.3, 0.4) is 0 Å². The van der Waals surface area contributed by atoms with E-state index in [2.05, 4.69) is 11.4 Å². The number of nitrogens with one attached hydrogen (secondary N) is 1. The number of hydrogen-bond acceptors (Lipinski definition) is 6. The molecule has 0 aliphatic carbocycles. The maximum absolute atomic E-state index is 12.7. The first-order valence-corrected chi connectivity index (χ1v) is 11.9. The summed E-state index contributed by atoms with van der Waals surface area (Å²) in [5, 5.41) is 13.5. The van der Waals surface area contributed by atoms with E-state index in [4.69, 9.17) is 0 Å². The molecule has 3 rings (SSSR count). The van der Waals surface area contributed by atoms with E-state index in [1.54, 1.807) is 0 Å². The third-order valence-electron chi connectivity index (χ3n) is 4.39. The number of anilines is 1. The number of carbonyl (C=O) groups excluding carboxylic acids is 1. The van der Waals surface area contributed by atoms with Crippen molar-refractivity contribution < 1.29 is 18.1 Å². The lowest BCUT2D eigenvalue weighted by molar-refractivity contribution is -0.384. The molecule has 31 heavy (non-hydrogen) atoms. The minimum atomic E-state index is -3.81. The minimum Gasteiger partial charge on any atom is -0.325 e. The summed E-state index contributed by atoms with van der Waals surface area (Å²) >= 11 is 1.49. The maximum Gasteiger partial charge on any atom is 0.269 e. The molecule has 1 amide bonds. The first-order valence-electron chi connectivity index (χ1n) is 9.28. The summed E-state index contributed by atoms with van der Waals surface area (Å²) in [4.78, 5) is 22.3. The Morgan fingerprint density at radius 3 is 2.19 bits per heavy atom. The van der Waals surface area contributed by atoms with Crippen molar-refractivity contribution in [3.8, 4) is 0 Å². The quantitative estimate of drug-likeness (QED) is 0.392. The molecule has 3 aromatic rings. The predicted octanol–water partition coefficient (Wildman–Crippen LogP) is 4.61. The summed E-state index contributed by atoms with van der Waals surface area (Å²) < 4.78 is 25.4. The summed E-state index contributed by atoms with van der Waals surface area (Å²) in [6, 6.07) is 18.6. The van der Waals surface area contributed by atoms with Gasteiger partial charge in [0, 0.05) is 23.6 Å². The molecule has 0 fully saturated rings. The van der Waals surface area contributed by atoms with E-state index >= 15 is 0 Å². The van der Waals surface area contributed by atoms with Crippen LogP contribution in [0.5, 0.6) is 0 Å². The van der Waals surface area contributed by atoms with E-state index in [-0.39, 0.29) is 27.1 Å². The number of amides is 1. The largest absolute Gasteiger partial charge is 0.325 e. The number of thioether (sulfide) groups is 1. The highest BCUT2D eigenvalue weighted by Gasteiger charge is 2.19. The molecule has 0 unspecified atom stereocenters. The Morgan fingerprint density at radius 1 is 1.00 bits per heavy atom. The van der Waals surface area contributed by atoms with Crippen molar-refractivity contribution in [1.29, 1.82) is 0 Å². The Kier molecular flexibility index (Phi) is 7.09. The summed E-state index contributed by atoms with van der Waals surface area (Å²) in [5.41, 5.74) is 2.63. The van der Waals surface area contributed by atoms with Crippen molar-refractivity contribution in [2.24, 2.45) is 0 Å². The van der Waals surface area contributed by atoms with Crippen LogP contribution >= 0.6 is 11.8 Å². The molecule has 0 spiro atoms. The fraction of sp³-hybridized carbons (Fsp3) is 0.136. The van der Waals surface area contributed by atoms with Gasteiger partial charge in [-0.15, -0.1) is 11.8 Å². The van der Waals surface area contributed by atoms with E-state index in [9.17, 15) is 23.3 Å². The van der Waals surface area contributed by atoms with Gasteiger partial charge in [0.05, 0.1) is 20.5 Å². The average molecular weight is 457 g/mol. The van der Waals surface area contributed by atoms with Gasteiger partial charge in [-0.05, 0) is 48.9 Å². The SMILES string of the molecule is Cc1cccc(CSCC(=O)Nc2ccc(S(=O)(=O)c3ccc([N+](=O)[O-])cc3)cc2)c1. The molecule has 0 bridgehead atoms. The number of nitro benzene ring substituents is 1. The second kappa shape index (κ2) is 9.76. The Morgan fingerprint density at radius 2 is 1.61 bits per heavy atom. The van der Waals surface area contributed by atoms with Crippen LogP contribution in [0.2, 0.25) is 0 Å². The lowest BCUT2D eigenvalue weighted by Gasteiger charge is -2.08. The highest BCUT2D eigenvalue weighted by Crippen LogP contribution is 2.24. The topological polar surface area (TPSA) is 106 Å². The number of carbonyl (C=O) groups is 1. The van der Waals surface area contributed by atoms with Crippen LogP contribution in [-0.4, -0.2) is 25.0 Å². The normalized spacial score (nSPS) is 11.1. The molecule has 9 heteroatoms. The number of benzene rings is 3. The van der Waals surface area contributed by atoms with Gasteiger partial charge in [-0.2, -0.15) is 0 Å².